The van der Waals surface area contributed by atoms with E-state index in [-0.39, 0.29) is 0 Å². The normalized spacial score (nSPS) is 12.3. The van der Waals surface area contributed by atoms with Gasteiger partial charge in [-0.15, -0.1) is 0 Å². The molecule has 0 heterocycles. The first kappa shape index (κ1) is 12.7. The van der Waals surface area contributed by atoms with Gasteiger partial charge >= 0.3 is 5.97 Å². The zero-order chi connectivity index (χ0) is 12.4. The number of carbonyl (C=O) groups is 1. The maximum Gasteiger partial charge on any atom is 0.348 e. The summed E-state index contributed by atoms with van der Waals surface area (Å²) in [4.78, 5) is 15.5. The van der Waals surface area contributed by atoms with Crippen molar-refractivity contribution in [1.82, 2.24) is 0 Å². The molecule has 0 saturated carbocycles. The summed E-state index contributed by atoms with van der Waals surface area (Å²) in [6.07, 6.45) is 0. The van der Waals surface area contributed by atoms with Crippen molar-refractivity contribution >= 4 is 5.97 Å². The third kappa shape index (κ3) is 1.95. The number of rotatable bonds is 3. The number of hydrogen-bond acceptors (Lipinski definition) is 3. The molecule has 1 rings (SSSR count). The molecule has 0 atom stereocenters. The van der Waals surface area contributed by atoms with Gasteiger partial charge in [-0.1, -0.05) is 44.2 Å². The van der Waals surface area contributed by atoms with Gasteiger partial charge < -0.3 is 4.89 Å². The monoisotopic (exact) mass is 222 g/mol. The fraction of sp³-hybridized carbons (Fsp3) is 0.462. The third-order valence-corrected chi connectivity index (χ3v) is 3.65. The molecule has 16 heavy (non-hydrogen) atoms. The van der Waals surface area contributed by atoms with Crippen LogP contribution in [0.4, 0.5) is 0 Å². The molecular weight excluding hydrogens is 204 g/mol. The second-order valence-electron chi connectivity index (χ2n) is 4.99. The van der Waals surface area contributed by atoms with Crippen molar-refractivity contribution in [3.63, 3.8) is 0 Å². The van der Waals surface area contributed by atoms with Crippen LogP contribution >= 0.6 is 0 Å². The molecule has 0 amide bonds. The molecule has 0 radical (unpaired) electrons. The molecule has 3 heteroatoms. The minimum atomic E-state index is -0.802. The third-order valence-electron chi connectivity index (χ3n) is 3.65. The predicted molar refractivity (Wildman–Crippen MR) is 62.0 cm³/mol. The quantitative estimate of drug-likeness (QED) is 0.631. The Bertz CT molecular complexity index is 366. The van der Waals surface area contributed by atoms with Gasteiger partial charge in [0.2, 0.25) is 0 Å². The van der Waals surface area contributed by atoms with Gasteiger partial charge in [-0.3, -0.25) is 0 Å². The van der Waals surface area contributed by atoms with Crippen molar-refractivity contribution in [3.8, 4) is 0 Å². The molecule has 0 aromatic heterocycles. The van der Waals surface area contributed by atoms with Crippen LogP contribution in [0.1, 0.15) is 33.3 Å². The van der Waals surface area contributed by atoms with E-state index in [2.05, 4.69) is 4.89 Å². The van der Waals surface area contributed by atoms with E-state index in [1.807, 2.05) is 44.2 Å². The summed E-state index contributed by atoms with van der Waals surface area (Å²) in [5.41, 5.74) is -0.192. The summed E-state index contributed by atoms with van der Waals surface area (Å²) in [5, 5.41) is 8.53. The Morgan fingerprint density at radius 1 is 1.12 bits per heavy atom. The topological polar surface area (TPSA) is 46.5 Å². The summed E-state index contributed by atoms with van der Waals surface area (Å²) in [7, 11) is 0. The Hall–Kier alpha value is -1.35. The highest BCUT2D eigenvalue weighted by atomic mass is 17.1. The standard InChI is InChI=1S/C13H18O3/c1-12(2,10-8-6-5-7-9-10)13(3,4)11(14)16-15/h5-9,15H,1-4H3. The lowest BCUT2D eigenvalue weighted by Crippen LogP contribution is -2.43. The molecule has 1 N–H and O–H groups in total. The van der Waals surface area contributed by atoms with E-state index in [1.165, 1.54) is 0 Å². The first-order valence-electron chi connectivity index (χ1n) is 5.25. The number of hydrogen-bond donors (Lipinski definition) is 1. The minimum Gasteiger partial charge on any atom is -0.300 e. The maximum atomic E-state index is 11.6. The lowest BCUT2D eigenvalue weighted by molar-refractivity contribution is -0.247. The van der Waals surface area contributed by atoms with Gasteiger partial charge in [0.15, 0.2) is 0 Å². The Morgan fingerprint density at radius 2 is 1.62 bits per heavy atom. The summed E-state index contributed by atoms with van der Waals surface area (Å²) < 4.78 is 0. The van der Waals surface area contributed by atoms with Gasteiger partial charge in [0.25, 0.3) is 0 Å². The molecule has 88 valence electrons. The SMILES string of the molecule is CC(C)(C(=O)OO)C(C)(C)c1ccccc1. The van der Waals surface area contributed by atoms with Crippen molar-refractivity contribution in [2.45, 2.75) is 33.1 Å². The van der Waals surface area contributed by atoms with Gasteiger partial charge in [-0.2, -0.15) is 5.26 Å². The van der Waals surface area contributed by atoms with Crippen LogP contribution in [-0.2, 0) is 15.1 Å². The van der Waals surface area contributed by atoms with E-state index in [1.54, 1.807) is 13.8 Å². The van der Waals surface area contributed by atoms with Gasteiger partial charge in [0.05, 0.1) is 5.41 Å². The fourth-order valence-corrected chi connectivity index (χ4v) is 1.58. The van der Waals surface area contributed by atoms with E-state index < -0.39 is 16.8 Å². The highest BCUT2D eigenvalue weighted by Crippen LogP contribution is 2.41. The van der Waals surface area contributed by atoms with Gasteiger partial charge in [-0.25, -0.2) is 4.79 Å². The summed E-state index contributed by atoms with van der Waals surface area (Å²) in [6, 6.07) is 9.71. The molecule has 0 fully saturated rings. The largest absolute Gasteiger partial charge is 0.348 e. The first-order chi connectivity index (χ1) is 7.34. The van der Waals surface area contributed by atoms with Crippen molar-refractivity contribution in [2.24, 2.45) is 5.41 Å². The summed E-state index contributed by atoms with van der Waals surface area (Å²) in [5.74, 6) is -0.624. The summed E-state index contributed by atoms with van der Waals surface area (Å²) in [6.45, 7) is 7.44. The van der Waals surface area contributed by atoms with Crippen LogP contribution in [0.25, 0.3) is 0 Å². The highest BCUT2D eigenvalue weighted by molar-refractivity contribution is 5.77. The van der Waals surface area contributed by atoms with Crippen LogP contribution in [0.2, 0.25) is 0 Å². The van der Waals surface area contributed by atoms with E-state index in [0.717, 1.165) is 5.56 Å². The zero-order valence-electron chi connectivity index (χ0n) is 10.2. The van der Waals surface area contributed by atoms with E-state index in [0.29, 0.717) is 0 Å². The lowest BCUT2D eigenvalue weighted by Gasteiger charge is -2.38. The Kier molecular flexibility index (Phi) is 3.38. The minimum absolute atomic E-state index is 0.423. The van der Waals surface area contributed by atoms with Crippen molar-refractivity contribution in [2.75, 3.05) is 0 Å². The van der Waals surface area contributed by atoms with E-state index >= 15 is 0 Å². The van der Waals surface area contributed by atoms with Crippen LogP contribution in [0.5, 0.6) is 0 Å². The Labute approximate surface area is 96.0 Å². The molecule has 0 spiro atoms. The van der Waals surface area contributed by atoms with E-state index in [9.17, 15) is 4.79 Å². The number of carbonyl (C=O) groups excluding carboxylic acids is 1. The molecule has 0 bridgehead atoms. The van der Waals surface area contributed by atoms with Gasteiger partial charge in [-0.05, 0) is 19.4 Å². The van der Waals surface area contributed by atoms with E-state index in [4.69, 9.17) is 5.26 Å². The maximum absolute atomic E-state index is 11.6. The fourth-order valence-electron chi connectivity index (χ4n) is 1.58. The molecule has 1 aromatic carbocycles. The molecule has 0 aliphatic carbocycles. The molecule has 0 aliphatic rings. The second-order valence-corrected chi connectivity index (χ2v) is 4.99. The van der Waals surface area contributed by atoms with Gasteiger partial charge in [0, 0.05) is 5.41 Å². The second kappa shape index (κ2) is 4.26. The van der Waals surface area contributed by atoms with Crippen LogP contribution in [-0.4, -0.2) is 11.2 Å². The number of benzene rings is 1. The average Bonchev–Trinajstić information content (AvgIpc) is 2.28. The summed E-state index contributed by atoms with van der Waals surface area (Å²) >= 11 is 0. The molecular formula is C13H18O3. The Morgan fingerprint density at radius 3 is 2.06 bits per heavy atom. The van der Waals surface area contributed by atoms with Crippen molar-refractivity contribution < 1.29 is 14.9 Å². The smallest absolute Gasteiger partial charge is 0.300 e. The average molecular weight is 222 g/mol. The zero-order valence-corrected chi connectivity index (χ0v) is 10.2. The van der Waals surface area contributed by atoms with Crippen LogP contribution < -0.4 is 0 Å². The molecule has 3 nitrogen and oxygen atoms in total. The highest BCUT2D eigenvalue weighted by Gasteiger charge is 2.45. The molecule has 0 aliphatic heterocycles. The lowest BCUT2D eigenvalue weighted by atomic mass is 9.64. The van der Waals surface area contributed by atoms with Crippen LogP contribution in [0.15, 0.2) is 30.3 Å². The van der Waals surface area contributed by atoms with Crippen molar-refractivity contribution in [3.05, 3.63) is 35.9 Å². The predicted octanol–water partition coefficient (Wildman–Crippen LogP) is 3.01. The molecule has 0 unspecified atom stereocenters. The van der Waals surface area contributed by atoms with Crippen LogP contribution in [0, 0.1) is 5.41 Å². The molecule has 1 aromatic rings. The Balaban J connectivity index is 3.16. The van der Waals surface area contributed by atoms with Gasteiger partial charge in [0.1, 0.15) is 0 Å². The van der Waals surface area contributed by atoms with Crippen LogP contribution in [0.3, 0.4) is 0 Å². The first-order valence-corrected chi connectivity index (χ1v) is 5.25. The van der Waals surface area contributed by atoms with Crippen molar-refractivity contribution in [1.29, 1.82) is 0 Å². The molecule has 0 saturated heterocycles.